The average molecular weight is 370 g/mol. The number of aryl methyl sites for hydroxylation is 1. The number of carbonyl (C=O) groups is 2. The van der Waals surface area contributed by atoms with Gasteiger partial charge in [0, 0.05) is 4.47 Å². The lowest BCUT2D eigenvalue weighted by atomic mass is 10.1. The minimum absolute atomic E-state index is 0.0288. The molecule has 21 heavy (non-hydrogen) atoms. The maximum Gasteiger partial charge on any atom is 0.337 e. The lowest BCUT2D eigenvalue weighted by molar-refractivity contribution is 0.0698. The van der Waals surface area contributed by atoms with E-state index >= 15 is 0 Å². The number of benzene rings is 1. The molecule has 0 bridgehead atoms. The van der Waals surface area contributed by atoms with Gasteiger partial charge in [-0.2, -0.15) is 0 Å². The number of nitrogens with zero attached hydrogens (tertiary/aromatic N) is 2. The van der Waals surface area contributed by atoms with Crippen LogP contribution in [-0.4, -0.2) is 26.6 Å². The Bertz CT molecular complexity index is 687. The zero-order valence-electron chi connectivity index (χ0n) is 11.1. The molecule has 0 saturated heterocycles. The number of carbonyl (C=O) groups excluding carboxylic acids is 1. The third-order valence-corrected chi connectivity index (χ3v) is 3.97. The fourth-order valence-electron chi connectivity index (χ4n) is 1.77. The lowest BCUT2D eigenvalue weighted by Gasteiger charge is -2.08. The Hall–Kier alpha value is -1.80. The van der Waals surface area contributed by atoms with Gasteiger partial charge in [-0.1, -0.05) is 33.8 Å². The first-order chi connectivity index (χ1) is 10.0. The number of aromatic carboxylic acids is 1. The number of rotatable bonds is 5. The van der Waals surface area contributed by atoms with Crippen molar-refractivity contribution in [3.8, 4) is 0 Å². The van der Waals surface area contributed by atoms with Gasteiger partial charge in [0.15, 0.2) is 0 Å². The maximum atomic E-state index is 12.3. The number of carboxylic acid groups (broad SMARTS) is 1. The van der Waals surface area contributed by atoms with E-state index in [9.17, 15) is 9.59 Å². The van der Waals surface area contributed by atoms with Crippen LogP contribution in [0.3, 0.4) is 0 Å². The van der Waals surface area contributed by atoms with Gasteiger partial charge in [-0.25, -0.2) is 4.79 Å². The van der Waals surface area contributed by atoms with Crippen molar-refractivity contribution >= 4 is 45.0 Å². The fraction of sp³-hybridized carbons (Fsp3) is 0.231. The van der Waals surface area contributed by atoms with Gasteiger partial charge >= 0.3 is 5.97 Å². The molecule has 110 valence electrons. The molecule has 2 N–H and O–H groups in total. The number of amides is 1. The number of carboxylic acids is 1. The molecule has 0 saturated carbocycles. The van der Waals surface area contributed by atoms with Crippen LogP contribution in [0.15, 0.2) is 22.7 Å². The van der Waals surface area contributed by atoms with Crippen LogP contribution in [0.4, 0.5) is 5.69 Å². The molecular formula is C13H12BrN3O3S. The zero-order chi connectivity index (χ0) is 15.4. The first-order valence-electron chi connectivity index (χ1n) is 6.18. The number of hydrogen-bond acceptors (Lipinski definition) is 5. The molecule has 6 nitrogen and oxygen atoms in total. The molecule has 8 heteroatoms. The molecule has 2 rings (SSSR count). The highest BCUT2D eigenvalue weighted by atomic mass is 79.9. The normalized spacial score (nSPS) is 10.4. The van der Waals surface area contributed by atoms with E-state index in [4.69, 9.17) is 5.11 Å². The van der Waals surface area contributed by atoms with E-state index in [1.165, 1.54) is 6.07 Å². The van der Waals surface area contributed by atoms with Crippen molar-refractivity contribution in [2.45, 2.75) is 19.8 Å². The topological polar surface area (TPSA) is 92.2 Å². The molecule has 0 fully saturated rings. The predicted molar refractivity (Wildman–Crippen MR) is 83.0 cm³/mol. The van der Waals surface area contributed by atoms with Crippen molar-refractivity contribution in [3.63, 3.8) is 0 Å². The van der Waals surface area contributed by atoms with Crippen LogP contribution in [-0.2, 0) is 6.42 Å². The summed E-state index contributed by atoms with van der Waals surface area (Å²) in [6.45, 7) is 1.98. The standard InChI is InChI=1S/C13H12BrN3O3S/c1-2-3-9-11(21-17-16-9)12(18)15-10-6-7(14)4-5-8(10)13(19)20/h4-6H,2-3H2,1H3,(H,15,18)(H,19,20). The molecule has 1 aromatic carbocycles. The van der Waals surface area contributed by atoms with Crippen molar-refractivity contribution in [2.24, 2.45) is 0 Å². The monoisotopic (exact) mass is 369 g/mol. The Labute approximate surface area is 133 Å². The third-order valence-electron chi connectivity index (χ3n) is 2.71. The third kappa shape index (κ3) is 3.64. The first kappa shape index (κ1) is 15.6. The molecule has 0 atom stereocenters. The molecule has 1 amide bonds. The summed E-state index contributed by atoms with van der Waals surface area (Å²) in [5.41, 5.74) is 0.894. The van der Waals surface area contributed by atoms with E-state index in [2.05, 4.69) is 30.8 Å². The Kier molecular flexibility index (Phi) is 5.03. The van der Waals surface area contributed by atoms with Gasteiger partial charge in [-0.15, -0.1) is 5.10 Å². The molecule has 2 aromatic rings. The number of nitrogens with one attached hydrogen (secondary N) is 1. The number of halogens is 1. The Balaban J connectivity index is 2.29. The number of anilines is 1. The van der Waals surface area contributed by atoms with Crippen LogP contribution >= 0.6 is 27.5 Å². The van der Waals surface area contributed by atoms with Gasteiger partial charge in [0.25, 0.3) is 5.91 Å². The van der Waals surface area contributed by atoms with Crippen LogP contribution < -0.4 is 5.32 Å². The second kappa shape index (κ2) is 6.77. The molecule has 0 radical (unpaired) electrons. The minimum atomic E-state index is -1.10. The van der Waals surface area contributed by atoms with Gasteiger partial charge in [0.05, 0.1) is 16.9 Å². The van der Waals surface area contributed by atoms with Gasteiger partial charge < -0.3 is 10.4 Å². The second-order valence-corrected chi connectivity index (χ2v) is 5.92. The molecule has 1 aromatic heterocycles. The lowest BCUT2D eigenvalue weighted by Crippen LogP contribution is -2.15. The van der Waals surface area contributed by atoms with Crippen LogP contribution in [0.2, 0.25) is 0 Å². The summed E-state index contributed by atoms with van der Waals surface area (Å²) in [4.78, 5) is 23.9. The van der Waals surface area contributed by atoms with E-state index in [-0.39, 0.29) is 11.3 Å². The number of hydrogen-bond donors (Lipinski definition) is 2. The Morgan fingerprint density at radius 3 is 2.86 bits per heavy atom. The van der Waals surface area contributed by atoms with Crippen molar-refractivity contribution in [2.75, 3.05) is 5.32 Å². The van der Waals surface area contributed by atoms with Gasteiger partial charge in [-0.05, 0) is 36.2 Å². The van der Waals surface area contributed by atoms with E-state index in [1.54, 1.807) is 12.1 Å². The van der Waals surface area contributed by atoms with Crippen molar-refractivity contribution in [1.82, 2.24) is 9.59 Å². The largest absolute Gasteiger partial charge is 0.478 e. The molecule has 0 unspecified atom stereocenters. The van der Waals surface area contributed by atoms with Crippen molar-refractivity contribution < 1.29 is 14.7 Å². The average Bonchev–Trinajstić information content (AvgIpc) is 2.87. The molecule has 0 spiro atoms. The van der Waals surface area contributed by atoms with Gasteiger partial charge in [0.2, 0.25) is 0 Å². The highest BCUT2D eigenvalue weighted by Crippen LogP contribution is 2.23. The van der Waals surface area contributed by atoms with Gasteiger partial charge in [-0.3, -0.25) is 4.79 Å². The van der Waals surface area contributed by atoms with Gasteiger partial charge in [0.1, 0.15) is 4.88 Å². The summed E-state index contributed by atoms with van der Waals surface area (Å²) in [7, 11) is 0. The molecule has 0 aliphatic heterocycles. The minimum Gasteiger partial charge on any atom is -0.478 e. The molecule has 1 heterocycles. The van der Waals surface area contributed by atoms with Crippen LogP contribution in [0, 0.1) is 0 Å². The van der Waals surface area contributed by atoms with Crippen molar-refractivity contribution in [1.29, 1.82) is 0 Å². The quantitative estimate of drug-likeness (QED) is 0.843. The highest BCUT2D eigenvalue weighted by molar-refractivity contribution is 9.10. The fourth-order valence-corrected chi connectivity index (χ4v) is 2.73. The van der Waals surface area contributed by atoms with Crippen molar-refractivity contribution in [3.05, 3.63) is 38.8 Å². The smallest absolute Gasteiger partial charge is 0.337 e. The van der Waals surface area contributed by atoms with Crippen LogP contribution in [0.5, 0.6) is 0 Å². The van der Waals surface area contributed by atoms with E-state index in [1.807, 2.05) is 6.92 Å². The second-order valence-electron chi connectivity index (χ2n) is 4.25. The first-order valence-corrected chi connectivity index (χ1v) is 7.75. The molecule has 0 aliphatic carbocycles. The maximum absolute atomic E-state index is 12.3. The SMILES string of the molecule is CCCc1nnsc1C(=O)Nc1cc(Br)ccc1C(=O)O. The summed E-state index contributed by atoms with van der Waals surface area (Å²) in [6, 6.07) is 4.59. The Morgan fingerprint density at radius 1 is 1.43 bits per heavy atom. The summed E-state index contributed by atoms with van der Waals surface area (Å²) in [5.74, 6) is -1.50. The Morgan fingerprint density at radius 2 is 2.19 bits per heavy atom. The predicted octanol–water partition coefficient (Wildman–Crippen LogP) is 3.20. The molecule has 0 aliphatic rings. The van der Waals surface area contributed by atoms with Crippen LogP contribution in [0.25, 0.3) is 0 Å². The summed E-state index contributed by atoms with van der Waals surface area (Å²) < 4.78 is 4.46. The summed E-state index contributed by atoms with van der Waals surface area (Å²) >= 11 is 4.26. The summed E-state index contributed by atoms with van der Waals surface area (Å²) in [6.07, 6.45) is 1.51. The molecular weight excluding hydrogens is 358 g/mol. The highest BCUT2D eigenvalue weighted by Gasteiger charge is 2.18. The van der Waals surface area contributed by atoms with Crippen LogP contribution in [0.1, 0.15) is 39.1 Å². The number of aromatic nitrogens is 2. The van der Waals surface area contributed by atoms with E-state index < -0.39 is 11.9 Å². The zero-order valence-corrected chi connectivity index (χ0v) is 13.5. The van der Waals surface area contributed by atoms with E-state index in [0.717, 1.165) is 18.0 Å². The van der Waals surface area contributed by atoms with E-state index in [0.29, 0.717) is 21.5 Å². The summed E-state index contributed by atoms with van der Waals surface area (Å²) in [5, 5.41) is 15.7.